The Morgan fingerprint density at radius 2 is 2.00 bits per heavy atom. The van der Waals surface area contributed by atoms with Crippen molar-refractivity contribution >= 4 is 49.2 Å². The maximum absolute atomic E-state index is 13.0. The second-order valence-electron chi connectivity index (χ2n) is 5.67. The molecule has 0 fully saturated rings. The number of hydrogen-bond donors (Lipinski definition) is 2. The van der Waals surface area contributed by atoms with Gasteiger partial charge >= 0.3 is 0 Å². The summed E-state index contributed by atoms with van der Waals surface area (Å²) in [7, 11) is 0. The Labute approximate surface area is 146 Å². The molecular formula is C17H14ClFN4S. The minimum Gasteiger partial charge on any atom is -0.363 e. The number of thiophene rings is 1. The maximum Gasteiger partial charge on any atom is 0.166 e. The molecule has 4 nitrogen and oxygen atoms in total. The average Bonchev–Trinajstić information content (AvgIpc) is 3.11. The summed E-state index contributed by atoms with van der Waals surface area (Å²) >= 11 is 7.92. The smallest absolute Gasteiger partial charge is 0.166 e. The molecule has 1 aromatic carbocycles. The molecule has 4 aromatic rings. The molecule has 7 heteroatoms. The molecule has 0 saturated heterocycles. The summed E-state index contributed by atoms with van der Waals surface area (Å²) in [6, 6.07) is 6.42. The first-order valence-corrected chi connectivity index (χ1v) is 8.65. The van der Waals surface area contributed by atoms with Gasteiger partial charge in [-0.25, -0.2) is 9.37 Å². The normalized spacial score (nSPS) is 11.5. The number of nitrogens with zero attached hydrogens (tertiary/aromatic N) is 2. The number of H-pyrrole nitrogens is 1. The fourth-order valence-electron chi connectivity index (χ4n) is 2.77. The van der Waals surface area contributed by atoms with Crippen LogP contribution in [-0.4, -0.2) is 15.2 Å². The van der Waals surface area contributed by atoms with Crippen LogP contribution in [0.4, 0.5) is 10.2 Å². The number of nitrogens with one attached hydrogen (secondary N) is 2. The average molecular weight is 361 g/mol. The van der Waals surface area contributed by atoms with Crippen molar-refractivity contribution in [3.63, 3.8) is 0 Å². The highest BCUT2D eigenvalue weighted by Crippen LogP contribution is 2.39. The van der Waals surface area contributed by atoms with Crippen molar-refractivity contribution in [1.29, 1.82) is 0 Å². The van der Waals surface area contributed by atoms with Gasteiger partial charge in [0.25, 0.3) is 0 Å². The topological polar surface area (TPSA) is 53.6 Å². The SMILES string of the molecule is Cc1nc2sc3c(NCc4ccc(F)cc4)n[nH]c3c2c(C)c1Cl. The van der Waals surface area contributed by atoms with E-state index < -0.39 is 0 Å². The summed E-state index contributed by atoms with van der Waals surface area (Å²) in [4.78, 5) is 5.53. The zero-order valence-electron chi connectivity index (χ0n) is 13.1. The number of aromatic nitrogens is 3. The third-order valence-corrected chi connectivity index (χ3v) is 5.70. The predicted octanol–water partition coefficient (Wildman–Crippen LogP) is 5.19. The van der Waals surface area contributed by atoms with E-state index in [9.17, 15) is 4.39 Å². The quantitative estimate of drug-likeness (QED) is 0.528. The largest absolute Gasteiger partial charge is 0.363 e. The van der Waals surface area contributed by atoms with Crippen molar-refractivity contribution in [2.45, 2.75) is 20.4 Å². The Morgan fingerprint density at radius 1 is 1.25 bits per heavy atom. The van der Waals surface area contributed by atoms with Crippen LogP contribution in [0.2, 0.25) is 5.02 Å². The highest BCUT2D eigenvalue weighted by atomic mass is 35.5. The van der Waals surface area contributed by atoms with Crippen LogP contribution in [0.15, 0.2) is 24.3 Å². The molecule has 24 heavy (non-hydrogen) atoms. The second kappa shape index (κ2) is 5.72. The van der Waals surface area contributed by atoms with Gasteiger partial charge in [0.15, 0.2) is 5.82 Å². The van der Waals surface area contributed by atoms with Gasteiger partial charge in [-0.1, -0.05) is 23.7 Å². The molecular weight excluding hydrogens is 347 g/mol. The summed E-state index contributed by atoms with van der Waals surface area (Å²) in [5.74, 6) is 0.532. The standard InChI is InChI=1S/C17H14ClFN4S/c1-8-12-14-15(24-17(12)21-9(2)13(8)18)16(23-22-14)20-7-10-3-5-11(19)6-4-10/h3-6H,7H2,1-2H3,(H2,20,22,23). The van der Waals surface area contributed by atoms with E-state index in [2.05, 4.69) is 20.5 Å². The van der Waals surface area contributed by atoms with Gasteiger partial charge in [-0.15, -0.1) is 11.3 Å². The molecule has 122 valence electrons. The van der Waals surface area contributed by atoms with E-state index in [0.29, 0.717) is 11.6 Å². The summed E-state index contributed by atoms with van der Waals surface area (Å²) in [5.41, 5.74) is 3.78. The number of hydrogen-bond acceptors (Lipinski definition) is 4. The van der Waals surface area contributed by atoms with Crippen molar-refractivity contribution in [2.24, 2.45) is 0 Å². The van der Waals surface area contributed by atoms with E-state index in [0.717, 1.165) is 43.1 Å². The van der Waals surface area contributed by atoms with E-state index in [1.807, 2.05) is 13.8 Å². The Balaban J connectivity index is 1.73. The lowest BCUT2D eigenvalue weighted by atomic mass is 10.1. The number of anilines is 1. The summed E-state index contributed by atoms with van der Waals surface area (Å²) in [5, 5.41) is 12.5. The van der Waals surface area contributed by atoms with Crippen LogP contribution in [0, 0.1) is 19.7 Å². The van der Waals surface area contributed by atoms with Crippen LogP contribution in [-0.2, 0) is 6.54 Å². The number of fused-ring (bicyclic) bond motifs is 3. The van der Waals surface area contributed by atoms with Gasteiger partial charge in [-0.05, 0) is 37.1 Å². The Hall–Kier alpha value is -2.18. The zero-order valence-corrected chi connectivity index (χ0v) is 14.6. The summed E-state index contributed by atoms with van der Waals surface area (Å²) in [6.45, 7) is 4.48. The Bertz CT molecular complexity index is 1050. The lowest BCUT2D eigenvalue weighted by Crippen LogP contribution is -1.99. The lowest BCUT2D eigenvalue weighted by Gasteiger charge is -2.03. The predicted molar refractivity (Wildman–Crippen MR) is 97.5 cm³/mol. The molecule has 0 bridgehead atoms. The summed E-state index contributed by atoms with van der Waals surface area (Å²) in [6.07, 6.45) is 0. The first kappa shape index (κ1) is 15.4. The third kappa shape index (κ3) is 2.42. The van der Waals surface area contributed by atoms with Crippen LogP contribution in [0.25, 0.3) is 20.4 Å². The van der Waals surface area contributed by atoms with Crippen molar-refractivity contribution in [2.75, 3.05) is 5.32 Å². The molecule has 3 heterocycles. The third-order valence-electron chi connectivity index (χ3n) is 4.05. The molecule has 3 aromatic heterocycles. The first-order chi connectivity index (χ1) is 11.5. The van der Waals surface area contributed by atoms with Crippen LogP contribution in [0.3, 0.4) is 0 Å². The number of benzene rings is 1. The van der Waals surface area contributed by atoms with E-state index in [1.165, 1.54) is 12.1 Å². The molecule has 2 N–H and O–H groups in total. The minimum absolute atomic E-state index is 0.237. The fourth-order valence-corrected chi connectivity index (χ4v) is 4.11. The molecule has 0 amide bonds. The maximum atomic E-state index is 13.0. The monoisotopic (exact) mass is 360 g/mol. The summed E-state index contributed by atoms with van der Waals surface area (Å²) < 4.78 is 14.0. The van der Waals surface area contributed by atoms with E-state index in [4.69, 9.17) is 11.6 Å². The molecule has 0 unspecified atom stereocenters. The molecule has 4 rings (SSSR count). The molecule has 0 atom stereocenters. The van der Waals surface area contributed by atoms with Gasteiger partial charge in [0.1, 0.15) is 10.6 Å². The van der Waals surface area contributed by atoms with Gasteiger partial charge in [0.05, 0.1) is 20.9 Å². The fraction of sp³-hybridized carbons (Fsp3) is 0.176. The zero-order chi connectivity index (χ0) is 16.8. The van der Waals surface area contributed by atoms with E-state index in [1.54, 1.807) is 23.5 Å². The van der Waals surface area contributed by atoms with E-state index in [-0.39, 0.29) is 5.82 Å². The van der Waals surface area contributed by atoms with Gasteiger partial charge in [0, 0.05) is 11.9 Å². The molecule has 0 aliphatic heterocycles. The van der Waals surface area contributed by atoms with Crippen molar-refractivity contribution in [3.05, 3.63) is 51.9 Å². The molecule has 0 radical (unpaired) electrons. The van der Waals surface area contributed by atoms with E-state index >= 15 is 0 Å². The number of rotatable bonds is 3. The highest BCUT2D eigenvalue weighted by molar-refractivity contribution is 7.26. The van der Waals surface area contributed by atoms with Gasteiger partial charge < -0.3 is 5.32 Å². The minimum atomic E-state index is -0.237. The molecule has 0 spiro atoms. The first-order valence-electron chi connectivity index (χ1n) is 7.46. The number of halogens is 2. The molecule has 0 aliphatic rings. The lowest BCUT2D eigenvalue weighted by molar-refractivity contribution is 0.627. The van der Waals surface area contributed by atoms with Crippen LogP contribution >= 0.6 is 22.9 Å². The number of aromatic amines is 1. The molecule has 0 saturated carbocycles. The van der Waals surface area contributed by atoms with Crippen molar-refractivity contribution in [1.82, 2.24) is 15.2 Å². The Morgan fingerprint density at radius 3 is 2.75 bits per heavy atom. The Kier molecular flexibility index (Phi) is 3.66. The number of pyridine rings is 1. The van der Waals surface area contributed by atoms with Gasteiger partial charge in [-0.3, -0.25) is 5.10 Å². The van der Waals surface area contributed by atoms with Crippen molar-refractivity contribution < 1.29 is 4.39 Å². The number of aryl methyl sites for hydroxylation is 2. The highest BCUT2D eigenvalue weighted by Gasteiger charge is 2.17. The van der Waals surface area contributed by atoms with Crippen LogP contribution < -0.4 is 5.32 Å². The van der Waals surface area contributed by atoms with Crippen molar-refractivity contribution in [3.8, 4) is 0 Å². The molecule has 0 aliphatic carbocycles. The second-order valence-corrected chi connectivity index (χ2v) is 7.05. The van der Waals surface area contributed by atoms with Crippen LogP contribution in [0.5, 0.6) is 0 Å². The van der Waals surface area contributed by atoms with Gasteiger partial charge in [-0.2, -0.15) is 5.10 Å². The van der Waals surface area contributed by atoms with Crippen LogP contribution in [0.1, 0.15) is 16.8 Å². The van der Waals surface area contributed by atoms with Gasteiger partial charge in [0.2, 0.25) is 0 Å².